The zero-order valence-electron chi connectivity index (χ0n) is 29.4. The summed E-state index contributed by atoms with van der Waals surface area (Å²) in [5.74, 6) is -2.74. The van der Waals surface area contributed by atoms with Gasteiger partial charge in [0.1, 0.15) is 17.7 Å². The van der Waals surface area contributed by atoms with E-state index in [0.29, 0.717) is 43.9 Å². The summed E-state index contributed by atoms with van der Waals surface area (Å²) in [6.45, 7) is 8.05. The van der Waals surface area contributed by atoms with E-state index in [-0.39, 0.29) is 29.4 Å². The SMILES string of the molecule is CCCN(CCC)C(=O)c1cc(C)cc(C(=O)NC(Cc2cc(F)cc(F)c2)[C@H](O)C2NCCN(Cc3ccc(-c4ccccc4)cc3)C2=O)c1. The van der Waals surface area contributed by atoms with Crippen molar-refractivity contribution >= 4 is 17.7 Å². The lowest BCUT2D eigenvalue weighted by Crippen LogP contribution is -2.63. The minimum absolute atomic E-state index is 0.160. The maximum absolute atomic E-state index is 14.2. The third-order valence-electron chi connectivity index (χ3n) is 9.07. The fourth-order valence-electron chi connectivity index (χ4n) is 6.63. The van der Waals surface area contributed by atoms with E-state index < -0.39 is 35.7 Å². The Balaban J connectivity index is 1.37. The van der Waals surface area contributed by atoms with Crippen LogP contribution >= 0.6 is 0 Å². The normalized spacial score (nSPS) is 15.7. The molecule has 1 saturated heterocycles. The highest BCUT2D eigenvalue weighted by atomic mass is 19.1. The van der Waals surface area contributed by atoms with Gasteiger partial charge in [-0.25, -0.2) is 8.78 Å². The van der Waals surface area contributed by atoms with E-state index in [1.54, 1.807) is 28.9 Å². The number of amides is 3. The standard InChI is InChI=1S/C41H46F2N4O4/c1-4-16-46(17-5-2)40(50)33-20-27(3)19-32(24-33)39(49)45-36(23-29-21-34(42)25-35(43)22-29)38(48)37-41(51)47(18-15-44-37)26-28-11-13-31(14-12-28)30-9-7-6-8-10-30/h6-14,19-22,24-25,36-38,44,48H,4-5,15-18,23,26H2,1-3H3,(H,45,49)/t36?,37?,38-/m0/s1. The Kier molecular flexibility index (Phi) is 12.7. The number of nitrogens with one attached hydrogen (secondary N) is 2. The van der Waals surface area contributed by atoms with E-state index in [4.69, 9.17) is 0 Å². The van der Waals surface area contributed by atoms with E-state index in [9.17, 15) is 28.3 Å². The third-order valence-corrected chi connectivity index (χ3v) is 9.07. The van der Waals surface area contributed by atoms with Crippen molar-refractivity contribution in [1.82, 2.24) is 20.4 Å². The molecular weight excluding hydrogens is 650 g/mol. The Morgan fingerprint density at radius 2 is 1.51 bits per heavy atom. The lowest BCUT2D eigenvalue weighted by atomic mass is 9.93. The number of aliphatic hydroxyl groups excluding tert-OH is 1. The van der Waals surface area contributed by atoms with Crippen LogP contribution in [0.2, 0.25) is 0 Å². The highest BCUT2D eigenvalue weighted by Gasteiger charge is 2.38. The number of carbonyl (C=O) groups excluding carboxylic acids is 3. The van der Waals surface area contributed by atoms with Gasteiger partial charge in [0.2, 0.25) is 5.91 Å². The van der Waals surface area contributed by atoms with E-state index in [0.717, 1.165) is 47.7 Å². The molecule has 0 radical (unpaired) electrons. The molecule has 0 aromatic heterocycles. The summed E-state index contributed by atoms with van der Waals surface area (Å²) in [6, 6.07) is 23.6. The van der Waals surface area contributed by atoms with Gasteiger partial charge in [-0.05, 0) is 84.3 Å². The summed E-state index contributed by atoms with van der Waals surface area (Å²) < 4.78 is 28.5. The van der Waals surface area contributed by atoms with Crippen LogP contribution in [0.4, 0.5) is 8.78 Å². The minimum atomic E-state index is -1.47. The van der Waals surface area contributed by atoms with Crippen molar-refractivity contribution in [1.29, 1.82) is 0 Å². The van der Waals surface area contributed by atoms with E-state index >= 15 is 0 Å². The van der Waals surface area contributed by atoms with Gasteiger partial charge >= 0.3 is 0 Å². The zero-order valence-corrected chi connectivity index (χ0v) is 29.4. The summed E-state index contributed by atoms with van der Waals surface area (Å²) >= 11 is 0. The lowest BCUT2D eigenvalue weighted by Gasteiger charge is -2.38. The molecular formula is C41H46F2N4O4. The molecule has 3 atom stereocenters. The zero-order chi connectivity index (χ0) is 36.5. The molecule has 0 saturated carbocycles. The molecule has 10 heteroatoms. The summed E-state index contributed by atoms with van der Waals surface area (Å²) in [6.07, 6.45) is -0.0491. The number of hydrogen-bond donors (Lipinski definition) is 3. The third kappa shape index (κ3) is 9.65. The maximum atomic E-state index is 14.2. The molecule has 4 aromatic carbocycles. The molecule has 0 bridgehead atoms. The monoisotopic (exact) mass is 696 g/mol. The topological polar surface area (TPSA) is 102 Å². The van der Waals surface area contributed by atoms with Crippen molar-refractivity contribution in [2.45, 2.75) is 64.8 Å². The van der Waals surface area contributed by atoms with Gasteiger partial charge in [-0.2, -0.15) is 0 Å². The first-order chi connectivity index (χ1) is 24.6. The Labute approximate surface area is 298 Å². The summed E-state index contributed by atoms with van der Waals surface area (Å²) in [4.78, 5) is 44.5. The predicted octanol–water partition coefficient (Wildman–Crippen LogP) is 5.91. The second kappa shape index (κ2) is 17.3. The van der Waals surface area contributed by atoms with Gasteiger partial charge in [-0.15, -0.1) is 0 Å². The molecule has 4 aromatic rings. The smallest absolute Gasteiger partial charge is 0.253 e. The lowest BCUT2D eigenvalue weighted by molar-refractivity contribution is -0.140. The van der Waals surface area contributed by atoms with Gasteiger partial charge in [0, 0.05) is 49.9 Å². The summed E-state index contributed by atoms with van der Waals surface area (Å²) in [7, 11) is 0. The predicted molar refractivity (Wildman–Crippen MR) is 194 cm³/mol. The van der Waals surface area contributed by atoms with Crippen LogP contribution in [0, 0.1) is 18.6 Å². The second-order valence-corrected chi connectivity index (χ2v) is 13.2. The van der Waals surface area contributed by atoms with Gasteiger partial charge in [-0.1, -0.05) is 68.4 Å². The number of benzene rings is 4. The highest BCUT2D eigenvalue weighted by molar-refractivity contribution is 6.00. The summed E-state index contributed by atoms with van der Waals surface area (Å²) in [5.41, 5.74) is 4.50. The van der Waals surface area contributed by atoms with Gasteiger partial charge in [0.25, 0.3) is 11.8 Å². The number of rotatable bonds is 14. The maximum Gasteiger partial charge on any atom is 0.253 e. The number of halogens is 2. The van der Waals surface area contributed by atoms with Gasteiger partial charge in [-0.3, -0.25) is 14.4 Å². The van der Waals surface area contributed by atoms with Crippen LogP contribution < -0.4 is 10.6 Å². The quantitative estimate of drug-likeness (QED) is 0.152. The van der Waals surface area contributed by atoms with Crippen molar-refractivity contribution in [3.63, 3.8) is 0 Å². The molecule has 0 spiro atoms. The van der Waals surface area contributed by atoms with Crippen LogP contribution in [0.25, 0.3) is 11.1 Å². The average Bonchev–Trinajstić information content (AvgIpc) is 3.11. The minimum Gasteiger partial charge on any atom is -0.389 e. The molecule has 3 N–H and O–H groups in total. The Hall–Kier alpha value is -4.93. The van der Waals surface area contributed by atoms with E-state index in [1.165, 1.54) is 6.07 Å². The van der Waals surface area contributed by atoms with Crippen molar-refractivity contribution in [3.8, 4) is 11.1 Å². The van der Waals surface area contributed by atoms with Crippen LogP contribution in [0.3, 0.4) is 0 Å². The molecule has 51 heavy (non-hydrogen) atoms. The molecule has 1 aliphatic heterocycles. The van der Waals surface area contributed by atoms with Crippen LogP contribution in [0.5, 0.6) is 0 Å². The highest BCUT2D eigenvalue weighted by Crippen LogP contribution is 2.22. The molecule has 5 rings (SSSR count). The fourth-order valence-corrected chi connectivity index (χ4v) is 6.63. The van der Waals surface area contributed by atoms with Crippen molar-refractivity contribution in [2.75, 3.05) is 26.2 Å². The Bertz CT molecular complexity index is 1790. The second-order valence-electron chi connectivity index (χ2n) is 13.2. The molecule has 1 heterocycles. The molecule has 8 nitrogen and oxygen atoms in total. The van der Waals surface area contributed by atoms with Gasteiger partial charge in [0.15, 0.2) is 0 Å². The van der Waals surface area contributed by atoms with Crippen LogP contribution in [0.15, 0.2) is 91.0 Å². The number of aliphatic hydroxyl groups is 1. The molecule has 2 unspecified atom stereocenters. The van der Waals surface area contributed by atoms with E-state index in [1.807, 2.05) is 68.4 Å². The molecule has 0 aliphatic carbocycles. The Morgan fingerprint density at radius 3 is 2.16 bits per heavy atom. The first kappa shape index (κ1) is 37.3. The first-order valence-electron chi connectivity index (χ1n) is 17.6. The molecule has 268 valence electrons. The van der Waals surface area contributed by atoms with Crippen LogP contribution in [-0.2, 0) is 17.8 Å². The number of carbonyl (C=O) groups is 3. The molecule has 3 amide bonds. The van der Waals surface area contributed by atoms with Crippen molar-refractivity contribution < 1.29 is 28.3 Å². The van der Waals surface area contributed by atoms with Gasteiger partial charge in [0.05, 0.1) is 12.1 Å². The van der Waals surface area contributed by atoms with Crippen LogP contribution in [0.1, 0.15) is 64.1 Å². The fraction of sp³-hybridized carbons (Fsp3) is 0.341. The number of aryl methyl sites for hydroxylation is 1. The van der Waals surface area contributed by atoms with Crippen molar-refractivity contribution in [3.05, 3.63) is 130 Å². The van der Waals surface area contributed by atoms with Crippen molar-refractivity contribution in [2.24, 2.45) is 0 Å². The Morgan fingerprint density at radius 1 is 0.882 bits per heavy atom. The van der Waals surface area contributed by atoms with E-state index in [2.05, 4.69) is 10.6 Å². The largest absolute Gasteiger partial charge is 0.389 e. The molecule has 1 fully saturated rings. The van der Waals surface area contributed by atoms with Gasteiger partial charge < -0.3 is 25.5 Å². The number of nitrogens with zero attached hydrogens (tertiary/aromatic N) is 2. The number of piperazine rings is 1. The summed E-state index contributed by atoms with van der Waals surface area (Å²) in [5, 5.41) is 17.7. The first-order valence-corrected chi connectivity index (χ1v) is 17.6. The number of hydrogen-bond acceptors (Lipinski definition) is 5. The van der Waals surface area contributed by atoms with Crippen LogP contribution in [-0.4, -0.2) is 77.0 Å². The molecule has 1 aliphatic rings. The average molecular weight is 697 g/mol.